The average Bonchev–Trinajstić information content (AvgIpc) is 2.71. The summed E-state index contributed by atoms with van der Waals surface area (Å²) in [5, 5.41) is 0. The molecule has 38 heavy (non-hydrogen) atoms. The molecule has 5 rings (SSSR count). The number of hydrogen-bond acceptors (Lipinski definition) is 5. The smallest absolute Gasteiger partial charge is 0.444 e. The summed E-state index contributed by atoms with van der Waals surface area (Å²) in [4.78, 5) is 14.7. The molecule has 0 unspecified atom stereocenters. The van der Waals surface area contributed by atoms with E-state index >= 15 is 4.39 Å². The Bertz CT molecular complexity index is 1300. The van der Waals surface area contributed by atoms with Gasteiger partial charge in [0.25, 0.3) is 0 Å². The van der Waals surface area contributed by atoms with Gasteiger partial charge in [-0.1, -0.05) is 30.3 Å². The first-order chi connectivity index (χ1) is 17.5. The number of ether oxygens (including phenoxy) is 2. The van der Waals surface area contributed by atoms with Gasteiger partial charge in [-0.2, -0.15) is 0 Å². The lowest BCUT2D eigenvalue weighted by atomic mass is 9.67. The lowest BCUT2D eigenvalue weighted by Crippen LogP contribution is -2.70. The van der Waals surface area contributed by atoms with Crippen molar-refractivity contribution in [3.63, 3.8) is 0 Å². The van der Waals surface area contributed by atoms with E-state index in [1.807, 2.05) is 0 Å². The van der Waals surface area contributed by atoms with Crippen LogP contribution in [0.15, 0.2) is 42.5 Å². The number of halogens is 4. The van der Waals surface area contributed by atoms with Crippen LogP contribution in [0.5, 0.6) is 5.75 Å². The Hall–Kier alpha value is -2.86. The number of rotatable bonds is 6. The van der Waals surface area contributed by atoms with Crippen molar-refractivity contribution in [1.82, 2.24) is 9.62 Å². The molecule has 208 valence electrons. The number of nitrogens with zero attached hydrogens (tertiary/aromatic N) is 1. The van der Waals surface area contributed by atoms with Crippen molar-refractivity contribution in [1.29, 1.82) is 0 Å². The lowest BCUT2D eigenvalue weighted by molar-refractivity contribution is -0.274. The van der Waals surface area contributed by atoms with Crippen molar-refractivity contribution in [2.24, 2.45) is 5.92 Å². The molecule has 2 bridgehead atoms. The number of alkyl halides is 3. The van der Waals surface area contributed by atoms with Gasteiger partial charge in [0.2, 0.25) is 10.0 Å². The number of nitrogens with one attached hydrogen (secondary N) is 1. The van der Waals surface area contributed by atoms with Gasteiger partial charge in [-0.05, 0) is 69.2 Å². The van der Waals surface area contributed by atoms with E-state index in [9.17, 15) is 26.4 Å². The van der Waals surface area contributed by atoms with Crippen LogP contribution in [-0.2, 0) is 21.2 Å². The van der Waals surface area contributed by atoms with Crippen molar-refractivity contribution in [3.8, 4) is 16.9 Å². The second-order valence-electron chi connectivity index (χ2n) is 10.8. The van der Waals surface area contributed by atoms with Gasteiger partial charge in [0.1, 0.15) is 17.2 Å². The van der Waals surface area contributed by atoms with E-state index in [4.69, 9.17) is 4.74 Å². The van der Waals surface area contributed by atoms with Crippen LogP contribution in [0.25, 0.3) is 11.1 Å². The normalized spacial score (nSPS) is 23.5. The van der Waals surface area contributed by atoms with Crippen LogP contribution in [0.4, 0.5) is 22.4 Å². The summed E-state index contributed by atoms with van der Waals surface area (Å²) in [5.74, 6) is -1.19. The van der Waals surface area contributed by atoms with E-state index in [0.717, 1.165) is 18.4 Å². The molecule has 2 aromatic rings. The molecule has 2 saturated heterocycles. The zero-order chi connectivity index (χ0) is 28.0. The largest absolute Gasteiger partial charge is 0.573 e. The maximum atomic E-state index is 15.8. The highest BCUT2D eigenvalue weighted by Gasteiger charge is 2.54. The molecule has 3 fully saturated rings. The highest BCUT2D eigenvalue weighted by molar-refractivity contribution is 7.88. The number of carbonyl (C=O) groups is 1. The lowest BCUT2D eigenvalue weighted by Gasteiger charge is -2.57. The van der Waals surface area contributed by atoms with Gasteiger partial charge >= 0.3 is 12.5 Å². The molecule has 2 heterocycles. The first-order valence-corrected chi connectivity index (χ1v) is 14.0. The van der Waals surface area contributed by atoms with Crippen LogP contribution in [0, 0.1) is 11.7 Å². The Morgan fingerprint density at radius 1 is 1.11 bits per heavy atom. The highest BCUT2D eigenvalue weighted by Crippen LogP contribution is 2.45. The fourth-order valence-corrected chi connectivity index (χ4v) is 6.04. The third-order valence-electron chi connectivity index (χ3n) is 6.66. The maximum absolute atomic E-state index is 15.8. The van der Waals surface area contributed by atoms with E-state index in [1.54, 1.807) is 26.8 Å². The molecule has 3 aliphatic rings. The summed E-state index contributed by atoms with van der Waals surface area (Å²) in [5.41, 5.74) is -0.388. The van der Waals surface area contributed by atoms with Gasteiger partial charge in [-0.25, -0.2) is 22.3 Å². The monoisotopic (exact) mass is 558 g/mol. The molecule has 12 heteroatoms. The number of hydrogen-bond donors (Lipinski definition) is 1. The van der Waals surface area contributed by atoms with Crippen LogP contribution < -0.4 is 9.46 Å². The van der Waals surface area contributed by atoms with Crippen molar-refractivity contribution >= 4 is 16.1 Å². The Balaban J connectivity index is 1.69. The van der Waals surface area contributed by atoms with E-state index in [0.29, 0.717) is 12.8 Å². The SMILES string of the molecule is CC(C)(C)OC(=O)N1C2CC(C2)[C@H](NS(C)(=O)=O)[C@@H]1Cc1cccc(-c2cccc(OC(F)(F)F)c2)c1F. The second-order valence-corrected chi connectivity index (χ2v) is 12.6. The minimum Gasteiger partial charge on any atom is -0.444 e. The summed E-state index contributed by atoms with van der Waals surface area (Å²) in [7, 11) is -3.65. The summed E-state index contributed by atoms with van der Waals surface area (Å²) in [6.45, 7) is 5.16. The molecule has 0 radical (unpaired) electrons. The molecule has 1 saturated carbocycles. The van der Waals surface area contributed by atoms with Gasteiger partial charge in [0, 0.05) is 17.6 Å². The van der Waals surface area contributed by atoms with E-state index < -0.39 is 51.7 Å². The van der Waals surface area contributed by atoms with Crippen molar-refractivity contribution in [2.75, 3.05) is 6.26 Å². The van der Waals surface area contributed by atoms with Crippen molar-refractivity contribution < 1.29 is 40.2 Å². The molecule has 1 amide bonds. The predicted octanol–water partition coefficient (Wildman–Crippen LogP) is 5.25. The Morgan fingerprint density at radius 2 is 1.76 bits per heavy atom. The summed E-state index contributed by atoms with van der Waals surface area (Å²) < 4.78 is 90.5. The number of carbonyl (C=O) groups excluding carboxylic acids is 1. The first-order valence-electron chi connectivity index (χ1n) is 12.1. The number of sulfonamides is 1. The molecule has 1 aliphatic carbocycles. The number of piperidine rings is 2. The highest BCUT2D eigenvalue weighted by atomic mass is 32.2. The van der Waals surface area contributed by atoms with Gasteiger partial charge in [0.05, 0.1) is 12.3 Å². The molecule has 7 nitrogen and oxygen atoms in total. The van der Waals surface area contributed by atoms with Crippen molar-refractivity contribution in [3.05, 3.63) is 53.8 Å². The average molecular weight is 559 g/mol. The molecular weight excluding hydrogens is 528 g/mol. The number of amides is 1. The molecule has 0 aromatic heterocycles. The Labute approximate surface area is 219 Å². The third kappa shape index (κ3) is 6.58. The fraction of sp³-hybridized carbons (Fsp3) is 0.500. The number of benzene rings is 2. The topological polar surface area (TPSA) is 84.9 Å². The zero-order valence-electron chi connectivity index (χ0n) is 21.4. The third-order valence-corrected chi connectivity index (χ3v) is 7.36. The standard InChI is InChI=1S/C26H30F4N2O5S/c1-25(2,3)37-24(33)32-18-11-17(12-18)23(31-38(4,34)35)21(32)14-16-8-6-10-20(22(16)27)15-7-5-9-19(13-15)36-26(28,29)30/h5-10,13,17-18,21,23,31H,11-12,14H2,1-4H3/t17?,18?,21-,23-/m0/s1. The molecule has 2 aromatic carbocycles. The van der Waals surface area contributed by atoms with E-state index in [1.165, 1.54) is 29.2 Å². The summed E-state index contributed by atoms with van der Waals surface area (Å²) in [6.07, 6.45) is -3.32. The summed E-state index contributed by atoms with van der Waals surface area (Å²) >= 11 is 0. The zero-order valence-corrected chi connectivity index (χ0v) is 22.2. The summed E-state index contributed by atoms with van der Waals surface area (Å²) in [6, 6.07) is 7.94. The maximum Gasteiger partial charge on any atom is 0.573 e. The minimum atomic E-state index is -4.90. The quantitative estimate of drug-likeness (QED) is 0.490. The van der Waals surface area contributed by atoms with Gasteiger partial charge in [-0.15, -0.1) is 13.2 Å². The predicted molar refractivity (Wildman–Crippen MR) is 132 cm³/mol. The van der Waals surface area contributed by atoms with Crippen molar-refractivity contribution in [2.45, 2.75) is 70.1 Å². The van der Waals surface area contributed by atoms with E-state index in [-0.39, 0.29) is 35.1 Å². The Kier molecular flexibility index (Phi) is 7.43. The fourth-order valence-electron chi connectivity index (χ4n) is 5.20. The van der Waals surface area contributed by atoms with Gasteiger partial charge in [-0.3, -0.25) is 0 Å². The van der Waals surface area contributed by atoms with E-state index in [2.05, 4.69) is 9.46 Å². The molecule has 2 aliphatic heterocycles. The molecule has 0 spiro atoms. The molecule has 1 N–H and O–H groups in total. The number of fused-ring (bicyclic) bond motifs is 2. The first kappa shape index (κ1) is 28.2. The van der Waals surface area contributed by atoms with Gasteiger partial charge in [0.15, 0.2) is 0 Å². The Morgan fingerprint density at radius 3 is 2.37 bits per heavy atom. The van der Waals surface area contributed by atoms with Crippen LogP contribution in [0.1, 0.15) is 39.2 Å². The van der Waals surface area contributed by atoms with Crippen LogP contribution in [-0.4, -0.2) is 55.8 Å². The second kappa shape index (κ2) is 10.0. The van der Waals surface area contributed by atoms with Gasteiger partial charge < -0.3 is 14.4 Å². The minimum absolute atomic E-state index is 0.0270. The van der Waals surface area contributed by atoms with Crippen LogP contribution in [0.2, 0.25) is 0 Å². The van der Waals surface area contributed by atoms with Crippen LogP contribution in [0.3, 0.4) is 0 Å². The van der Waals surface area contributed by atoms with Crippen LogP contribution >= 0.6 is 0 Å². The molecule has 2 atom stereocenters. The molecular formula is C26H30F4N2O5S.